The van der Waals surface area contributed by atoms with Crippen molar-refractivity contribution in [1.82, 2.24) is 15.0 Å². The molecule has 1 unspecified atom stereocenters. The standard InChI is InChI=1S/C15H22N4OS/c1-10(2)14-17-15(20-18-14)16-8-11(3)19-6-4-13-12(9-19)5-7-21-13/h5,7,10-11H,4,6,8-9H2,1-3H3,(H,16,17,18). The minimum Gasteiger partial charge on any atom is -0.336 e. The quantitative estimate of drug-likeness (QED) is 0.920. The summed E-state index contributed by atoms with van der Waals surface area (Å²) in [7, 11) is 0. The normalized spacial score (nSPS) is 17.0. The molecule has 0 fully saturated rings. The van der Waals surface area contributed by atoms with Crippen LogP contribution in [-0.4, -0.2) is 34.2 Å². The van der Waals surface area contributed by atoms with Gasteiger partial charge in [0.1, 0.15) is 0 Å². The smallest absolute Gasteiger partial charge is 0.321 e. The van der Waals surface area contributed by atoms with Crippen LogP contribution in [0.15, 0.2) is 16.0 Å². The van der Waals surface area contributed by atoms with Gasteiger partial charge in [0.25, 0.3) is 0 Å². The first kappa shape index (κ1) is 14.5. The van der Waals surface area contributed by atoms with E-state index in [1.165, 1.54) is 5.56 Å². The van der Waals surface area contributed by atoms with Crippen molar-refractivity contribution in [2.24, 2.45) is 0 Å². The first-order valence-corrected chi connectivity index (χ1v) is 8.38. The fraction of sp³-hybridized carbons (Fsp3) is 0.600. The summed E-state index contributed by atoms with van der Waals surface area (Å²) >= 11 is 1.88. The Bertz CT molecular complexity index is 592. The van der Waals surface area contributed by atoms with E-state index in [-0.39, 0.29) is 0 Å². The fourth-order valence-electron chi connectivity index (χ4n) is 2.55. The number of nitrogens with one attached hydrogen (secondary N) is 1. The molecule has 2 aromatic rings. The molecule has 1 aliphatic heterocycles. The molecule has 0 saturated carbocycles. The largest absolute Gasteiger partial charge is 0.336 e. The molecule has 3 heterocycles. The zero-order chi connectivity index (χ0) is 14.8. The Morgan fingerprint density at radius 1 is 1.43 bits per heavy atom. The first-order valence-electron chi connectivity index (χ1n) is 7.50. The van der Waals surface area contributed by atoms with Crippen LogP contribution in [0.25, 0.3) is 0 Å². The third kappa shape index (κ3) is 3.27. The van der Waals surface area contributed by atoms with Gasteiger partial charge >= 0.3 is 6.01 Å². The number of aromatic nitrogens is 2. The Hall–Kier alpha value is -1.40. The summed E-state index contributed by atoms with van der Waals surface area (Å²) in [5, 5.41) is 9.42. The van der Waals surface area contributed by atoms with Crippen molar-refractivity contribution in [2.45, 2.75) is 45.7 Å². The topological polar surface area (TPSA) is 54.2 Å². The van der Waals surface area contributed by atoms with Crippen LogP contribution >= 0.6 is 11.3 Å². The summed E-state index contributed by atoms with van der Waals surface area (Å²) in [6, 6.07) is 3.21. The van der Waals surface area contributed by atoms with E-state index in [1.807, 2.05) is 11.3 Å². The Labute approximate surface area is 129 Å². The predicted molar refractivity (Wildman–Crippen MR) is 84.8 cm³/mol. The predicted octanol–water partition coefficient (Wildman–Crippen LogP) is 3.11. The lowest BCUT2D eigenvalue weighted by Crippen LogP contribution is -2.40. The molecule has 114 valence electrons. The first-order chi connectivity index (χ1) is 10.1. The van der Waals surface area contributed by atoms with E-state index in [9.17, 15) is 0 Å². The lowest BCUT2D eigenvalue weighted by molar-refractivity contribution is 0.199. The second kappa shape index (κ2) is 6.15. The van der Waals surface area contributed by atoms with E-state index in [0.29, 0.717) is 18.0 Å². The van der Waals surface area contributed by atoms with Crippen molar-refractivity contribution in [1.29, 1.82) is 0 Å². The van der Waals surface area contributed by atoms with Crippen LogP contribution in [0.5, 0.6) is 0 Å². The van der Waals surface area contributed by atoms with Crippen LogP contribution in [0.1, 0.15) is 43.0 Å². The third-order valence-corrected chi connectivity index (χ3v) is 4.99. The maximum atomic E-state index is 5.22. The summed E-state index contributed by atoms with van der Waals surface area (Å²) in [4.78, 5) is 8.40. The summed E-state index contributed by atoms with van der Waals surface area (Å²) in [5.74, 6) is 1.05. The molecule has 0 amide bonds. The number of rotatable bonds is 5. The van der Waals surface area contributed by atoms with Crippen molar-refractivity contribution in [3.05, 3.63) is 27.7 Å². The number of thiophene rings is 1. The minimum absolute atomic E-state index is 0.292. The molecule has 0 spiro atoms. The molecule has 0 aliphatic carbocycles. The summed E-state index contributed by atoms with van der Waals surface area (Å²) in [5.41, 5.74) is 1.48. The van der Waals surface area contributed by atoms with Crippen molar-refractivity contribution < 1.29 is 4.52 Å². The van der Waals surface area contributed by atoms with Crippen molar-refractivity contribution in [3.63, 3.8) is 0 Å². The van der Waals surface area contributed by atoms with Gasteiger partial charge in [-0.2, -0.15) is 4.98 Å². The second-order valence-corrected chi connectivity index (χ2v) is 6.93. The number of hydrogen-bond acceptors (Lipinski definition) is 6. The summed E-state index contributed by atoms with van der Waals surface area (Å²) in [6.07, 6.45) is 1.16. The van der Waals surface area contributed by atoms with E-state index in [1.54, 1.807) is 4.88 Å². The Morgan fingerprint density at radius 3 is 3.05 bits per heavy atom. The van der Waals surface area contributed by atoms with E-state index in [2.05, 4.69) is 52.6 Å². The van der Waals surface area contributed by atoms with Crippen molar-refractivity contribution in [3.8, 4) is 0 Å². The zero-order valence-corrected chi connectivity index (χ0v) is 13.6. The molecule has 0 aromatic carbocycles. The molecule has 0 bridgehead atoms. The summed E-state index contributed by atoms with van der Waals surface area (Å²) < 4.78 is 5.22. The van der Waals surface area contributed by atoms with Crippen LogP contribution in [0.3, 0.4) is 0 Å². The van der Waals surface area contributed by atoms with Crippen LogP contribution in [0, 0.1) is 0 Å². The van der Waals surface area contributed by atoms with Gasteiger partial charge in [-0.05, 0) is 30.4 Å². The van der Waals surface area contributed by atoms with Gasteiger partial charge < -0.3 is 9.84 Å². The maximum absolute atomic E-state index is 5.22. The van der Waals surface area contributed by atoms with Crippen molar-refractivity contribution >= 4 is 17.4 Å². The maximum Gasteiger partial charge on any atom is 0.321 e. The molecular formula is C15H22N4OS. The average molecular weight is 306 g/mol. The van der Waals surface area contributed by atoms with E-state index < -0.39 is 0 Å². The van der Waals surface area contributed by atoms with E-state index >= 15 is 0 Å². The molecule has 3 rings (SSSR count). The van der Waals surface area contributed by atoms with Crippen LogP contribution in [0.2, 0.25) is 0 Å². The molecule has 1 aliphatic rings. The zero-order valence-electron chi connectivity index (χ0n) is 12.8. The Balaban J connectivity index is 1.53. The Kier molecular flexibility index (Phi) is 4.26. The van der Waals surface area contributed by atoms with Crippen LogP contribution in [0.4, 0.5) is 6.01 Å². The molecule has 0 radical (unpaired) electrons. The highest BCUT2D eigenvalue weighted by atomic mass is 32.1. The average Bonchev–Trinajstić information content (AvgIpc) is 3.12. The van der Waals surface area contributed by atoms with E-state index in [4.69, 9.17) is 4.52 Å². The monoisotopic (exact) mass is 306 g/mol. The van der Waals surface area contributed by atoms with Gasteiger partial charge in [-0.15, -0.1) is 11.3 Å². The molecule has 2 aromatic heterocycles. The van der Waals surface area contributed by atoms with Gasteiger partial charge in [0.05, 0.1) is 0 Å². The van der Waals surface area contributed by atoms with Crippen LogP contribution in [-0.2, 0) is 13.0 Å². The molecule has 6 heteroatoms. The van der Waals surface area contributed by atoms with Gasteiger partial charge in [0.15, 0.2) is 5.82 Å². The highest BCUT2D eigenvalue weighted by molar-refractivity contribution is 7.10. The molecule has 1 N–H and O–H groups in total. The molecular weight excluding hydrogens is 284 g/mol. The fourth-order valence-corrected chi connectivity index (χ4v) is 3.44. The van der Waals surface area contributed by atoms with Gasteiger partial charge in [-0.1, -0.05) is 19.0 Å². The molecule has 0 saturated heterocycles. The van der Waals surface area contributed by atoms with Gasteiger partial charge in [0.2, 0.25) is 0 Å². The SMILES string of the molecule is CC(C)c1noc(NCC(C)N2CCc3sccc3C2)n1. The molecule has 1 atom stereocenters. The summed E-state index contributed by atoms with van der Waals surface area (Å²) in [6.45, 7) is 9.34. The van der Waals surface area contributed by atoms with Crippen molar-refractivity contribution in [2.75, 3.05) is 18.4 Å². The van der Waals surface area contributed by atoms with Crippen LogP contribution < -0.4 is 5.32 Å². The highest BCUT2D eigenvalue weighted by Crippen LogP contribution is 2.25. The Morgan fingerprint density at radius 2 is 2.29 bits per heavy atom. The third-order valence-electron chi connectivity index (χ3n) is 3.97. The van der Waals surface area contributed by atoms with Gasteiger partial charge in [-0.25, -0.2) is 0 Å². The lowest BCUT2D eigenvalue weighted by Gasteiger charge is -2.32. The number of hydrogen-bond donors (Lipinski definition) is 1. The number of fused-ring (bicyclic) bond motifs is 1. The number of anilines is 1. The minimum atomic E-state index is 0.292. The lowest BCUT2D eigenvalue weighted by atomic mass is 10.1. The number of nitrogens with zero attached hydrogens (tertiary/aromatic N) is 3. The van der Waals surface area contributed by atoms with Gasteiger partial charge in [-0.3, -0.25) is 4.90 Å². The molecule has 5 nitrogen and oxygen atoms in total. The second-order valence-electron chi connectivity index (χ2n) is 5.93. The highest BCUT2D eigenvalue weighted by Gasteiger charge is 2.21. The van der Waals surface area contributed by atoms with E-state index in [0.717, 1.165) is 31.9 Å². The van der Waals surface area contributed by atoms with Gasteiger partial charge in [0, 0.05) is 36.5 Å². The molecule has 21 heavy (non-hydrogen) atoms.